The lowest BCUT2D eigenvalue weighted by Gasteiger charge is -2.25. The molecule has 1 atom stereocenters. The molecule has 1 unspecified atom stereocenters. The molecule has 1 aliphatic heterocycles. The fraction of sp³-hybridized carbons (Fsp3) is 0.167. The van der Waals surface area contributed by atoms with Gasteiger partial charge in [0, 0.05) is 15.5 Å². The van der Waals surface area contributed by atoms with Gasteiger partial charge in [0.2, 0.25) is 0 Å². The van der Waals surface area contributed by atoms with Crippen LogP contribution in [0.5, 0.6) is 5.75 Å². The maximum Gasteiger partial charge on any atom is 0.295 e. The van der Waals surface area contributed by atoms with E-state index in [4.69, 9.17) is 16.3 Å². The van der Waals surface area contributed by atoms with Gasteiger partial charge in [-0.15, -0.1) is 11.3 Å². The molecule has 2 aromatic carbocycles. The lowest BCUT2D eigenvalue weighted by molar-refractivity contribution is -0.140. The van der Waals surface area contributed by atoms with Gasteiger partial charge in [-0.05, 0) is 60.3 Å². The van der Waals surface area contributed by atoms with Gasteiger partial charge in [-0.1, -0.05) is 29.8 Å². The van der Waals surface area contributed by atoms with E-state index in [2.05, 4.69) is 0 Å². The lowest BCUT2D eigenvalue weighted by atomic mass is 9.95. The van der Waals surface area contributed by atoms with Crippen LogP contribution >= 0.6 is 22.9 Å². The number of halogens is 1. The Bertz CT molecular complexity index is 1120. The third-order valence-corrected chi connectivity index (χ3v) is 6.18. The quantitative estimate of drug-likeness (QED) is 0.307. The van der Waals surface area contributed by atoms with Crippen molar-refractivity contribution in [1.82, 2.24) is 4.90 Å². The first-order valence-electron chi connectivity index (χ1n) is 9.79. The van der Waals surface area contributed by atoms with Gasteiger partial charge in [0.15, 0.2) is 0 Å². The number of hydrogen-bond donors (Lipinski definition) is 1. The van der Waals surface area contributed by atoms with E-state index in [0.717, 1.165) is 4.88 Å². The van der Waals surface area contributed by atoms with Gasteiger partial charge in [0.05, 0.1) is 24.8 Å². The summed E-state index contributed by atoms with van der Waals surface area (Å²) in [6.45, 7) is 2.68. The van der Waals surface area contributed by atoms with E-state index in [9.17, 15) is 14.7 Å². The minimum Gasteiger partial charge on any atom is -0.507 e. The summed E-state index contributed by atoms with van der Waals surface area (Å²) in [5.41, 5.74) is 1.21. The summed E-state index contributed by atoms with van der Waals surface area (Å²) in [4.78, 5) is 28.4. The smallest absolute Gasteiger partial charge is 0.295 e. The second kappa shape index (κ2) is 8.96. The Morgan fingerprint density at radius 3 is 2.42 bits per heavy atom. The predicted molar refractivity (Wildman–Crippen MR) is 121 cm³/mol. The van der Waals surface area contributed by atoms with E-state index < -0.39 is 17.7 Å². The van der Waals surface area contributed by atoms with Gasteiger partial charge < -0.3 is 14.7 Å². The Morgan fingerprint density at radius 2 is 1.81 bits per heavy atom. The van der Waals surface area contributed by atoms with Gasteiger partial charge in [0.1, 0.15) is 11.5 Å². The third-order valence-electron chi connectivity index (χ3n) is 5.07. The highest BCUT2D eigenvalue weighted by atomic mass is 35.5. The summed E-state index contributed by atoms with van der Waals surface area (Å²) in [5, 5.41) is 13.5. The van der Waals surface area contributed by atoms with Crippen molar-refractivity contribution in [3.63, 3.8) is 0 Å². The van der Waals surface area contributed by atoms with E-state index >= 15 is 0 Å². The Hall–Kier alpha value is -3.09. The molecule has 1 fully saturated rings. The number of carbonyl (C=O) groups is 2. The number of rotatable bonds is 6. The first kappa shape index (κ1) is 21.2. The Kier molecular flexibility index (Phi) is 6.11. The van der Waals surface area contributed by atoms with Gasteiger partial charge in [0.25, 0.3) is 11.7 Å². The SMILES string of the molecule is CCOc1ccc(/C(O)=C2/C(=O)C(=O)N(Cc3cccs3)C2c2ccc(Cl)cc2)cc1. The van der Waals surface area contributed by atoms with Crippen molar-refractivity contribution >= 4 is 40.4 Å². The van der Waals surface area contributed by atoms with Crippen LogP contribution in [0, 0.1) is 0 Å². The maximum atomic E-state index is 13.0. The second-order valence-corrected chi connectivity index (χ2v) is 8.48. The first-order chi connectivity index (χ1) is 15.0. The number of nitrogens with zero attached hydrogens (tertiary/aromatic N) is 1. The first-order valence-corrected chi connectivity index (χ1v) is 11.0. The number of amides is 1. The standard InChI is InChI=1S/C24H20ClNO4S/c1-2-30-18-11-7-16(8-12-18)22(27)20-21(15-5-9-17(25)10-6-15)26(24(29)23(20)28)14-19-4-3-13-31-19/h3-13,21,27H,2,14H2,1H3/b22-20-. The van der Waals surface area contributed by atoms with Crippen LogP contribution in [0.1, 0.15) is 29.0 Å². The molecule has 1 aliphatic rings. The van der Waals surface area contributed by atoms with Crippen LogP contribution in [0.25, 0.3) is 5.76 Å². The number of ketones is 1. The molecule has 1 aromatic heterocycles. The predicted octanol–water partition coefficient (Wildman–Crippen LogP) is 5.42. The van der Waals surface area contributed by atoms with Crippen LogP contribution < -0.4 is 4.74 Å². The summed E-state index contributed by atoms with van der Waals surface area (Å²) in [7, 11) is 0. The topological polar surface area (TPSA) is 66.8 Å². The maximum absolute atomic E-state index is 13.0. The molecule has 0 aliphatic carbocycles. The molecule has 4 rings (SSSR count). The highest BCUT2D eigenvalue weighted by Gasteiger charge is 2.46. The zero-order valence-electron chi connectivity index (χ0n) is 16.7. The monoisotopic (exact) mass is 453 g/mol. The fourth-order valence-corrected chi connectivity index (χ4v) is 4.47. The normalized spacial score (nSPS) is 17.9. The summed E-state index contributed by atoms with van der Waals surface area (Å²) < 4.78 is 5.44. The van der Waals surface area contributed by atoms with Crippen molar-refractivity contribution < 1.29 is 19.4 Å². The molecule has 1 amide bonds. The molecule has 0 spiro atoms. The number of hydrogen-bond acceptors (Lipinski definition) is 5. The molecular weight excluding hydrogens is 434 g/mol. The molecule has 7 heteroatoms. The van der Waals surface area contributed by atoms with Crippen molar-refractivity contribution in [3.05, 3.63) is 92.6 Å². The molecule has 5 nitrogen and oxygen atoms in total. The molecule has 0 radical (unpaired) electrons. The summed E-state index contributed by atoms with van der Waals surface area (Å²) >= 11 is 7.55. The second-order valence-electron chi connectivity index (χ2n) is 7.02. The molecule has 31 heavy (non-hydrogen) atoms. The lowest BCUT2D eigenvalue weighted by Crippen LogP contribution is -2.28. The number of thiophene rings is 1. The van der Waals surface area contributed by atoms with Gasteiger partial charge >= 0.3 is 0 Å². The van der Waals surface area contributed by atoms with Crippen LogP contribution in [-0.2, 0) is 16.1 Å². The van der Waals surface area contributed by atoms with Crippen LogP contribution in [0.15, 0.2) is 71.6 Å². The summed E-state index contributed by atoms with van der Waals surface area (Å²) in [6, 6.07) is 16.8. The third kappa shape index (κ3) is 4.22. The number of aliphatic hydroxyl groups is 1. The number of benzene rings is 2. The van der Waals surface area contributed by atoms with Crippen molar-refractivity contribution in [2.45, 2.75) is 19.5 Å². The van der Waals surface area contributed by atoms with Crippen molar-refractivity contribution in [2.75, 3.05) is 6.61 Å². The molecule has 3 aromatic rings. The average molecular weight is 454 g/mol. The van der Waals surface area contributed by atoms with Gasteiger partial charge in [-0.2, -0.15) is 0 Å². The van der Waals surface area contributed by atoms with Crippen LogP contribution in [0.3, 0.4) is 0 Å². The fourth-order valence-electron chi connectivity index (χ4n) is 3.64. The van der Waals surface area contributed by atoms with E-state index in [1.54, 1.807) is 48.5 Å². The van der Waals surface area contributed by atoms with E-state index in [1.165, 1.54) is 16.2 Å². The summed E-state index contributed by atoms with van der Waals surface area (Å²) in [5.74, 6) is -0.898. The highest BCUT2D eigenvalue weighted by molar-refractivity contribution is 7.09. The van der Waals surface area contributed by atoms with Crippen molar-refractivity contribution in [3.8, 4) is 5.75 Å². The van der Waals surface area contributed by atoms with Crippen molar-refractivity contribution in [2.24, 2.45) is 0 Å². The molecule has 0 saturated carbocycles. The number of likely N-dealkylation sites (tertiary alicyclic amines) is 1. The molecule has 158 valence electrons. The number of Topliss-reactive ketones (excluding diaryl/α,β-unsaturated/α-hetero) is 1. The minimum atomic E-state index is -0.717. The number of aliphatic hydroxyl groups excluding tert-OH is 1. The van der Waals surface area contributed by atoms with Crippen LogP contribution in [0.4, 0.5) is 0 Å². The van der Waals surface area contributed by atoms with Gasteiger partial charge in [-0.25, -0.2) is 0 Å². The molecular formula is C24H20ClNO4S. The number of carbonyl (C=O) groups excluding carboxylic acids is 2. The van der Waals surface area contributed by atoms with E-state index in [0.29, 0.717) is 28.5 Å². The Labute approximate surface area is 189 Å². The molecule has 2 heterocycles. The molecule has 0 bridgehead atoms. The minimum absolute atomic E-state index is 0.0630. The average Bonchev–Trinajstić information content (AvgIpc) is 3.37. The van der Waals surface area contributed by atoms with Crippen molar-refractivity contribution in [1.29, 1.82) is 0 Å². The Balaban J connectivity index is 1.81. The van der Waals surface area contributed by atoms with Gasteiger partial charge in [-0.3, -0.25) is 9.59 Å². The largest absolute Gasteiger partial charge is 0.507 e. The highest BCUT2D eigenvalue weighted by Crippen LogP contribution is 2.41. The van der Waals surface area contributed by atoms with E-state index in [-0.39, 0.29) is 17.9 Å². The summed E-state index contributed by atoms with van der Waals surface area (Å²) in [6.07, 6.45) is 0. The zero-order chi connectivity index (χ0) is 22.0. The Morgan fingerprint density at radius 1 is 1.10 bits per heavy atom. The molecule has 1 saturated heterocycles. The van der Waals surface area contributed by atoms with Crippen LogP contribution in [0.2, 0.25) is 5.02 Å². The van der Waals surface area contributed by atoms with E-state index in [1.807, 2.05) is 24.4 Å². The zero-order valence-corrected chi connectivity index (χ0v) is 18.3. The molecule has 1 N–H and O–H groups in total. The van der Waals surface area contributed by atoms with Crippen LogP contribution in [-0.4, -0.2) is 28.3 Å². The number of ether oxygens (including phenoxy) is 1.